The van der Waals surface area contributed by atoms with Crippen LogP contribution in [0, 0.1) is 0 Å². The molecule has 2 unspecified atom stereocenters. The van der Waals surface area contributed by atoms with Crippen molar-refractivity contribution < 1.29 is 4.79 Å². The third kappa shape index (κ3) is 2.53. The molecule has 0 aromatic carbocycles. The average Bonchev–Trinajstić information content (AvgIpc) is 2.94. The fourth-order valence-corrected chi connectivity index (χ4v) is 3.02. The minimum atomic E-state index is -0.000967. The molecule has 3 nitrogen and oxygen atoms in total. The molecule has 0 saturated carbocycles. The number of unbranched alkanes of at least 4 members (excludes halogenated alkanes) is 1. The molecular formula is C13H20N2OS. The molecule has 1 aromatic heterocycles. The van der Waals surface area contributed by atoms with E-state index >= 15 is 0 Å². The summed E-state index contributed by atoms with van der Waals surface area (Å²) in [6.45, 7) is 5.08. The first kappa shape index (κ1) is 12.6. The van der Waals surface area contributed by atoms with E-state index in [1.165, 1.54) is 4.88 Å². The van der Waals surface area contributed by atoms with Crippen LogP contribution < -0.4 is 5.32 Å². The van der Waals surface area contributed by atoms with Gasteiger partial charge in [-0.05, 0) is 24.3 Å². The molecule has 1 amide bonds. The van der Waals surface area contributed by atoms with Gasteiger partial charge in [-0.2, -0.15) is 0 Å². The van der Waals surface area contributed by atoms with Crippen LogP contribution in [0.25, 0.3) is 0 Å². The predicted molar refractivity (Wildman–Crippen MR) is 70.9 cm³/mol. The Morgan fingerprint density at radius 2 is 2.29 bits per heavy atom. The quantitative estimate of drug-likeness (QED) is 0.874. The minimum absolute atomic E-state index is 0.000967. The Balaban J connectivity index is 2.15. The molecule has 2 heterocycles. The summed E-state index contributed by atoms with van der Waals surface area (Å²) in [6, 6.07) is 4.15. The number of rotatable bonds is 5. The SMILES string of the molecule is CCCCN1C(=O)C(CC)NC1c1cccs1. The molecule has 2 rings (SSSR count). The van der Waals surface area contributed by atoms with Gasteiger partial charge in [-0.15, -0.1) is 11.3 Å². The molecule has 1 aliphatic rings. The molecule has 2 atom stereocenters. The highest BCUT2D eigenvalue weighted by Crippen LogP contribution is 2.29. The number of hydrogen-bond acceptors (Lipinski definition) is 3. The van der Waals surface area contributed by atoms with Crippen LogP contribution in [-0.2, 0) is 4.79 Å². The molecular weight excluding hydrogens is 232 g/mol. The smallest absolute Gasteiger partial charge is 0.241 e. The van der Waals surface area contributed by atoms with Gasteiger partial charge >= 0.3 is 0 Å². The summed E-state index contributed by atoms with van der Waals surface area (Å²) in [5.74, 6) is 0.263. The Labute approximate surface area is 107 Å². The number of amides is 1. The minimum Gasteiger partial charge on any atom is -0.321 e. The highest BCUT2D eigenvalue weighted by molar-refractivity contribution is 7.10. The van der Waals surface area contributed by atoms with E-state index in [-0.39, 0.29) is 18.1 Å². The van der Waals surface area contributed by atoms with E-state index in [0.29, 0.717) is 0 Å². The summed E-state index contributed by atoms with van der Waals surface area (Å²) in [5.41, 5.74) is 0. The largest absolute Gasteiger partial charge is 0.321 e. The first-order valence-electron chi connectivity index (χ1n) is 6.37. The zero-order valence-corrected chi connectivity index (χ0v) is 11.3. The first-order valence-corrected chi connectivity index (χ1v) is 7.25. The third-order valence-corrected chi connectivity index (χ3v) is 4.15. The lowest BCUT2D eigenvalue weighted by Gasteiger charge is -2.23. The van der Waals surface area contributed by atoms with Crippen LogP contribution in [0.1, 0.15) is 44.2 Å². The van der Waals surface area contributed by atoms with E-state index in [1.54, 1.807) is 11.3 Å². The molecule has 0 spiro atoms. The monoisotopic (exact) mass is 252 g/mol. The molecule has 1 N–H and O–H groups in total. The second-order valence-electron chi connectivity index (χ2n) is 4.43. The maximum Gasteiger partial charge on any atom is 0.241 e. The number of carbonyl (C=O) groups excluding carboxylic acids is 1. The summed E-state index contributed by atoms with van der Waals surface area (Å²) in [7, 11) is 0. The van der Waals surface area contributed by atoms with E-state index in [0.717, 1.165) is 25.8 Å². The van der Waals surface area contributed by atoms with Crippen molar-refractivity contribution in [2.24, 2.45) is 0 Å². The number of hydrogen-bond donors (Lipinski definition) is 1. The van der Waals surface area contributed by atoms with Gasteiger partial charge in [0.05, 0.1) is 6.04 Å². The van der Waals surface area contributed by atoms with Gasteiger partial charge in [0.2, 0.25) is 5.91 Å². The van der Waals surface area contributed by atoms with Crippen molar-refractivity contribution in [1.29, 1.82) is 0 Å². The predicted octanol–water partition coefficient (Wildman–Crippen LogP) is 2.76. The lowest BCUT2D eigenvalue weighted by molar-refractivity contribution is -0.130. The van der Waals surface area contributed by atoms with E-state index in [9.17, 15) is 4.79 Å². The summed E-state index contributed by atoms with van der Waals surface area (Å²) in [5, 5.41) is 5.51. The molecule has 94 valence electrons. The van der Waals surface area contributed by atoms with Gasteiger partial charge in [0.15, 0.2) is 0 Å². The highest BCUT2D eigenvalue weighted by atomic mass is 32.1. The van der Waals surface area contributed by atoms with Crippen molar-refractivity contribution in [3.05, 3.63) is 22.4 Å². The van der Waals surface area contributed by atoms with Gasteiger partial charge in [-0.25, -0.2) is 0 Å². The van der Waals surface area contributed by atoms with E-state index in [1.807, 2.05) is 11.0 Å². The molecule has 1 saturated heterocycles. The van der Waals surface area contributed by atoms with Crippen LogP contribution in [0.15, 0.2) is 17.5 Å². The van der Waals surface area contributed by atoms with Gasteiger partial charge in [-0.1, -0.05) is 26.3 Å². The van der Waals surface area contributed by atoms with E-state index in [2.05, 4.69) is 30.6 Å². The van der Waals surface area contributed by atoms with Crippen molar-refractivity contribution in [2.75, 3.05) is 6.54 Å². The summed E-state index contributed by atoms with van der Waals surface area (Å²) in [6.07, 6.45) is 3.16. The molecule has 1 aliphatic heterocycles. The van der Waals surface area contributed by atoms with Crippen LogP contribution in [0.2, 0.25) is 0 Å². The number of nitrogens with zero attached hydrogens (tertiary/aromatic N) is 1. The second kappa shape index (κ2) is 5.65. The standard InChI is InChI=1S/C13H20N2OS/c1-3-5-8-15-12(11-7-6-9-17-11)14-10(4-2)13(15)16/h6-7,9-10,12,14H,3-5,8H2,1-2H3. The average molecular weight is 252 g/mol. The van der Waals surface area contributed by atoms with Crippen LogP contribution in [0.4, 0.5) is 0 Å². The van der Waals surface area contributed by atoms with Crippen molar-refractivity contribution >= 4 is 17.2 Å². The Kier molecular flexibility index (Phi) is 4.18. The molecule has 0 bridgehead atoms. The number of carbonyl (C=O) groups is 1. The lowest BCUT2D eigenvalue weighted by Crippen LogP contribution is -2.31. The summed E-state index contributed by atoms with van der Waals surface area (Å²) >= 11 is 1.72. The molecule has 1 aromatic rings. The molecule has 1 fully saturated rings. The van der Waals surface area contributed by atoms with Crippen molar-refractivity contribution in [1.82, 2.24) is 10.2 Å². The van der Waals surface area contributed by atoms with Gasteiger partial charge in [-0.3, -0.25) is 10.1 Å². The van der Waals surface area contributed by atoms with Gasteiger partial charge < -0.3 is 4.90 Å². The van der Waals surface area contributed by atoms with Crippen LogP contribution in [0.3, 0.4) is 0 Å². The molecule has 0 radical (unpaired) electrons. The molecule has 17 heavy (non-hydrogen) atoms. The highest BCUT2D eigenvalue weighted by Gasteiger charge is 2.38. The Bertz CT molecular complexity index is 364. The zero-order chi connectivity index (χ0) is 12.3. The Hall–Kier alpha value is -0.870. The second-order valence-corrected chi connectivity index (χ2v) is 5.41. The zero-order valence-electron chi connectivity index (χ0n) is 10.5. The Morgan fingerprint density at radius 1 is 1.47 bits per heavy atom. The van der Waals surface area contributed by atoms with Gasteiger partial charge in [0.25, 0.3) is 0 Å². The fraction of sp³-hybridized carbons (Fsp3) is 0.615. The number of nitrogens with one attached hydrogen (secondary N) is 1. The van der Waals surface area contributed by atoms with E-state index in [4.69, 9.17) is 0 Å². The van der Waals surface area contributed by atoms with Crippen LogP contribution >= 0.6 is 11.3 Å². The summed E-state index contributed by atoms with van der Waals surface area (Å²) < 4.78 is 0. The fourth-order valence-electron chi connectivity index (χ4n) is 2.22. The third-order valence-electron chi connectivity index (χ3n) is 3.23. The lowest BCUT2D eigenvalue weighted by atomic mass is 10.2. The maximum absolute atomic E-state index is 12.2. The van der Waals surface area contributed by atoms with Crippen LogP contribution in [0.5, 0.6) is 0 Å². The van der Waals surface area contributed by atoms with Crippen molar-refractivity contribution in [2.45, 2.75) is 45.3 Å². The van der Waals surface area contributed by atoms with Crippen molar-refractivity contribution in [3.8, 4) is 0 Å². The van der Waals surface area contributed by atoms with Crippen molar-refractivity contribution in [3.63, 3.8) is 0 Å². The molecule has 4 heteroatoms. The van der Waals surface area contributed by atoms with E-state index < -0.39 is 0 Å². The Morgan fingerprint density at radius 3 is 2.88 bits per heavy atom. The molecule has 0 aliphatic carbocycles. The summed E-state index contributed by atoms with van der Waals surface area (Å²) in [4.78, 5) is 15.5. The normalized spacial score (nSPS) is 24.6. The topological polar surface area (TPSA) is 32.3 Å². The number of thiophene rings is 1. The van der Waals surface area contributed by atoms with Crippen LogP contribution in [-0.4, -0.2) is 23.4 Å². The van der Waals surface area contributed by atoms with Gasteiger partial charge in [0.1, 0.15) is 6.17 Å². The maximum atomic E-state index is 12.2. The first-order chi connectivity index (χ1) is 8.27. The van der Waals surface area contributed by atoms with Gasteiger partial charge in [0, 0.05) is 11.4 Å².